The molecule has 15 heavy (non-hydrogen) atoms. The quantitative estimate of drug-likeness (QED) is 0.831. The topological polar surface area (TPSA) is 20.2 Å². The highest BCUT2D eigenvalue weighted by molar-refractivity contribution is 9.10. The first kappa shape index (κ1) is 12.3. The average molecular weight is 267 g/mol. The second kappa shape index (κ2) is 6.66. The van der Waals surface area contributed by atoms with Crippen LogP contribution in [-0.2, 0) is 6.42 Å². The van der Waals surface area contributed by atoms with E-state index in [1.54, 1.807) is 0 Å². The third kappa shape index (κ3) is 5.01. The number of aliphatic hydroxyl groups is 1. The maximum atomic E-state index is 9.72. The van der Waals surface area contributed by atoms with Crippen LogP contribution in [-0.4, -0.2) is 11.2 Å². The molecule has 0 saturated carbocycles. The molecule has 1 unspecified atom stereocenters. The number of rotatable bonds is 4. The largest absolute Gasteiger partial charge is 0.393 e. The predicted octanol–water partition coefficient (Wildman–Crippen LogP) is 3.16. The predicted molar refractivity (Wildman–Crippen MR) is 66.5 cm³/mol. The van der Waals surface area contributed by atoms with E-state index in [0.717, 1.165) is 22.9 Å². The first-order valence-corrected chi connectivity index (χ1v) is 5.84. The number of hydrogen-bond donors (Lipinski definition) is 1. The molecule has 0 heterocycles. The van der Waals surface area contributed by atoms with Gasteiger partial charge in [-0.15, -0.1) is 11.8 Å². The van der Waals surface area contributed by atoms with E-state index >= 15 is 0 Å². The van der Waals surface area contributed by atoms with Gasteiger partial charge in [0, 0.05) is 10.9 Å². The Hall–Kier alpha value is -0.780. The molecule has 0 aliphatic heterocycles. The molecule has 1 aromatic rings. The maximum absolute atomic E-state index is 9.72. The molecule has 1 N–H and O–H groups in total. The summed E-state index contributed by atoms with van der Waals surface area (Å²) in [6.45, 7) is 1.82. The fraction of sp³-hybridized carbons (Fsp3) is 0.385. The summed E-state index contributed by atoms with van der Waals surface area (Å²) in [6, 6.07) is 8.04. The van der Waals surface area contributed by atoms with Gasteiger partial charge in [0.2, 0.25) is 0 Å². The highest BCUT2D eigenvalue weighted by Gasteiger charge is 2.04. The summed E-state index contributed by atoms with van der Waals surface area (Å²) in [5.74, 6) is 5.78. The lowest BCUT2D eigenvalue weighted by Crippen LogP contribution is -2.09. The Kier molecular flexibility index (Phi) is 5.45. The van der Waals surface area contributed by atoms with Crippen molar-refractivity contribution in [3.63, 3.8) is 0 Å². The van der Waals surface area contributed by atoms with Crippen LogP contribution < -0.4 is 0 Å². The molecule has 1 rings (SSSR count). The molecule has 80 valence electrons. The molecular formula is C13H15BrO. The van der Waals surface area contributed by atoms with Crippen molar-refractivity contribution in [2.24, 2.45) is 0 Å². The monoisotopic (exact) mass is 266 g/mol. The summed E-state index contributed by atoms with van der Waals surface area (Å²) in [4.78, 5) is 0. The molecule has 0 saturated heterocycles. The van der Waals surface area contributed by atoms with E-state index < -0.39 is 0 Å². The molecule has 1 aromatic carbocycles. The lowest BCUT2D eigenvalue weighted by Gasteiger charge is -2.08. The molecule has 0 aromatic heterocycles. The Bertz CT molecular complexity index is 345. The first-order valence-electron chi connectivity index (χ1n) is 5.04. The van der Waals surface area contributed by atoms with E-state index in [1.807, 2.05) is 31.2 Å². The van der Waals surface area contributed by atoms with Crippen LogP contribution in [0.15, 0.2) is 28.7 Å². The van der Waals surface area contributed by atoms with Crippen LogP contribution in [0.1, 0.15) is 25.3 Å². The Morgan fingerprint density at radius 2 is 2.00 bits per heavy atom. The van der Waals surface area contributed by atoms with Crippen LogP contribution in [0.2, 0.25) is 0 Å². The molecule has 0 fully saturated rings. The molecular weight excluding hydrogens is 252 g/mol. The zero-order valence-corrected chi connectivity index (χ0v) is 10.4. The summed E-state index contributed by atoms with van der Waals surface area (Å²) in [6.07, 6.45) is 1.94. The third-order valence-electron chi connectivity index (χ3n) is 2.16. The minimum absolute atomic E-state index is 0.285. The number of aliphatic hydroxyl groups excluding tert-OH is 1. The van der Waals surface area contributed by atoms with Crippen molar-refractivity contribution in [1.29, 1.82) is 0 Å². The molecule has 0 amide bonds. The van der Waals surface area contributed by atoms with Gasteiger partial charge in [0.1, 0.15) is 0 Å². The second-order valence-electron chi connectivity index (χ2n) is 3.45. The van der Waals surface area contributed by atoms with Gasteiger partial charge in [0.25, 0.3) is 0 Å². The van der Waals surface area contributed by atoms with Crippen molar-refractivity contribution in [1.82, 2.24) is 0 Å². The van der Waals surface area contributed by atoms with Gasteiger partial charge in [-0.2, -0.15) is 0 Å². The summed E-state index contributed by atoms with van der Waals surface area (Å²) in [5.41, 5.74) is 1.16. The standard InChI is InChI=1S/C13H15BrO/c1-2-3-4-5-13(15)10-11-6-8-12(14)9-7-11/h6-9,13,15H,4-5,10H2,1H3. The van der Waals surface area contributed by atoms with E-state index in [2.05, 4.69) is 27.8 Å². The van der Waals surface area contributed by atoms with Crippen molar-refractivity contribution >= 4 is 15.9 Å². The number of benzene rings is 1. The van der Waals surface area contributed by atoms with Crippen molar-refractivity contribution in [3.05, 3.63) is 34.3 Å². The van der Waals surface area contributed by atoms with Crippen LogP contribution in [0.4, 0.5) is 0 Å². The van der Waals surface area contributed by atoms with E-state index in [0.29, 0.717) is 6.42 Å². The fourth-order valence-electron chi connectivity index (χ4n) is 1.36. The zero-order chi connectivity index (χ0) is 11.1. The smallest absolute Gasteiger partial charge is 0.0589 e. The van der Waals surface area contributed by atoms with Crippen molar-refractivity contribution in [2.75, 3.05) is 0 Å². The van der Waals surface area contributed by atoms with Gasteiger partial charge in [-0.25, -0.2) is 0 Å². The summed E-state index contributed by atoms with van der Waals surface area (Å²) >= 11 is 3.38. The Labute approximate surface area is 99.6 Å². The molecule has 0 bridgehead atoms. The van der Waals surface area contributed by atoms with Gasteiger partial charge in [-0.1, -0.05) is 28.1 Å². The Morgan fingerprint density at radius 3 is 2.60 bits per heavy atom. The molecule has 0 spiro atoms. The fourth-order valence-corrected chi connectivity index (χ4v) is 1.62. The minimum atomic E-state index is -0.285. The summed E-state index contributed by atoms with van der Waals surface area (Å²) in [7, 11) is 0. The lowest BCUT2D eigenvalue weighted by molar-refractivity contribution is 0.166. The number of hydrogen-bond acceptors (Lipinski definition) is 1. The van der Waals surface area contributed by atoms with E-state index in [1.165, 1.54) is 0 Å². The van der Waals surface area contributed by atoms with Gasteiger partial charge >= 0.3 is 0 Å². The third-order valence-corrected chi connectivity index (χ3v) is 2.69. The molecule has 1 nitrogen and oxygen atoms in total. The van der Waals surface area contributed by atoms with E-state index in [9.17, 15) is 5.11 Å². The highest BCUT2D eigenvalue weighted by atomic mass is 79.9. The second-order valence-corrected chi connectivity index (χ2v) is 4.37. The summed E-state index contributed by atoms with van der Waals surface area (Å²) in [5, 5.41) is 9.72. The van der Waals surface area contributed by atoms with Crippen LogP contribution >= 0.6 is 15.9 Å². The van der Waals surface area contributed by atoms with Gasteiger partial charge in [0.05, 0.1) is 6.10 Å². The zero-order valence-electron chi connectivity index (χ0n) is 8.83. The van der Waals surface area contributed by atoms with Crippen molar-refractivity contribution in [2.45, 2.75) is 32.3 Å². The normalized spacial score (nSPS) is 11.7. The van der Waals surface area contributed by atoms with Crippen LogP contribution in [0, 0.1) is 11.8 Å². The van der Waals surface area contributed by atoms with E-state index in [-0.39, 0.29) is 6.10 Å². The molecule has 0 aliphatic carbocycles. The molecule has 0 aliphatic rings. The molecule has 1 atom stereocenters. The van der Waals surface area contributed by atoms with Gasteiger partial charge in [-0.3, -0.25) is 0 Å². The van der Waals surface area contributed by atoms with Gasteiger partial charge in [-0.05, 0) is 37.5 Å². The van der Waals surface area contributed by atoms with Crippen molar-refractivity contribution in [3.8, 4) is 11.8 Å². The SMILES string of the molecule is CC#CCCC(O)Cc1ccc(Br)cc1. The minimum Gasteiger partial charge on any atom is -0.393 e. The molecule has 2 heteroatoms. The van der Waals surface area contributed by atoms with Crippen LogP contribution in [0.25, 0.3) is 0 Å². The van der Waals surface area contributed by atoms with Crippen LogP contribution in [0.5, 0.6) is 0 Å². The number of halogens is 1. The van der Waals surface area contributed by atoms with Gasteiger partial charge < -0.3 is 5.11 Å². The highest BCUT2D eigenvalue weighted by Crippen LogP contribution is 2.13. The van der Waals surface area contributed by atoms with E-state index in [4.69, 9.17) is 0 Å². The van der Waals surface area contributed by atoms with Crippen molar-refractivity contribution < 1.29 is 5.11 Å². The first-order chi connectivity index (χ1) is 7.22. The maximum Gasteiger partial charge on any atom is 0.0589 e. The average Bonchev–Trinajstić information content (AvgIpc) is 2.22. The molecule has 0 radical (unpaired) electrons. The Morgan fingerprint density at radius 1 is 1.33 bits per heavy atom. The van der Waals surface area contributed by atoms with Crippen LogP contribution in [0.3, 0.4) is 0 Å². The van der Waals surface area contributed by atoms with Gasteiger partial charge in [0.15, 0.2) is 0 Å². The Balaban J connectivity index is 2.39. The lowest BCUT2D eigenvalue weighted by atomic mass is 10.0. The summed E-state index contributed by atoms with van der Waals surface area (Å²) < 4.78 is 1.07.